The summed E-state index contributed by atoms with van der Waals surface area (Å²) in [5.41, 5.74) is 1.18. The van der Waals surface area contributed by atoms with Crippen LogP contribution < -0.4 is 0 Å². The van der Waals surface area contributed by atoms with Gasteiger partial charge in [0.15, 0.2) is 5.69 Å². The minimum atomic E-state index is -1.09. The molecule has 0 saturated heterocycles. The molecule has 1 heterocycles. The highest BCUT2D eigenvalue weighted by Gasteiger charge is 2.26. The number of aryl methyl sites for hydroxylation is 1. The van der Waals surface area contributed by atoms with Crippen LogP contribution in [0.5, 0.6) is 0 Å². The molecule has 106 valence electrons. The van der Waals surface area contributed by atoms with E-state index in [9.17, 15) is 14.3 Å². The first-order chi connectivity index (χ1) is 9.20. The van der Waals surface area contributed by atoms with Crippen molar-refractivity contribution in [2.75, 3.05) is 0 Å². The van der Waals surface area contributed by atoms with E-state index in [1.165, 1.54) is 23.5 Å². The van der Waals surface area contributed by atoms with Gasteiger partial charge in [-0.25, -0.2) is 14.2 Å². The highest BCUT2D eigenvalue weighted by Crippen LogP contribution is 2.37. The van der Waals surface area contributed by atoms with Crippen LogP contribution in [-0.2, 0) is 5.41 Å². The number of aromatic nitrogens is 1. The third kappa shape index (κ3) is 2.72. The van der Waals surface area contributed by atoms with Crippen molar-refractivity contribution < 1.29 is 14.3 Å². The fraction of sp³-hybridized carbons (Fsp3) is 0.333. The van der Waals surface area contributed by atoms with Crippen LogP contribution >= 0.6 is 11.3 Å². The molecule has 0 aliphatic rings. The number of carboxylic acid groups (broad SMARTS) is 1. The quantitative estimate of drug-likeness (QED) is 0.900. The lowest BCUT2D eigenvalue weighted by molar-refractivity contribution is 0.0692. The molecule has 0 saturated carbocycles. The third-order valence-corrected chi connectivity index (χ3v) is 4.43. The van der Waals surface area contributed by atoms with Crippen molar-refractivity contribution in [3.63, 3.8) is 0 Å². The zero-order chi connectivity index (χ0) is 15.1. The normalized spacial score (nSPS) is 11.7. The molecule has 2 rings (SSSR count). The van der Waals surface area contributed by atoms with E-state index in [0.29, 0.717) is 10.4 Å². The van der Waals surface area contributed by atoms with E-state index in [4.69, 9.17) is 0 Å². The summed E-state index contributed by atoms with van der Waals surface area (Å²) in [6.07, 6.45) is 0. The summed E-state index contributed by atoms with van der Waals surface area (Å²) in [5, 5.41) is 10.0. The monoisotopic (exact) mass is 293 g/mol. The van der Waals surface area contributed by atoms with E-state index in [1.54, 1.807) is 6.07 Å². The van der Waals surface area contributed by atoms with Gasteiger partial charge in [-0.05, 0) is 30.2 Å². The van der Waals surface area contributed by atoms with Crippen molar-refractivity contribution in [3.8, 4) is 10.4 Å². The Morgan fingerprint density at radius 2 is 2.00 bits per heavy atom. The smallest absolute Gasteiger partial charge is 0.356 e. The van der Waals surface area contributed by atoms with Crippen LogP contribution in [0.1, 0.15) is 41.8 Å². The van der Waals surface area contributed by atoms with Crippen molar-refractivity contribution in [2.45, 2.75) is 33.1 Å². The average Bonchev–Trinajstić information content (AvgIpc) is 2.77. The Kier molecular flexibility index (Phi) is 3.65. The number of carbonyl (C=O) groups is 1. The molecular weight excluding hydrogens is 277 g/mol. The van der Waals surface area contributed by atoms with Gasteiger partial charge < -0.3 is 5.11 Å². The molecule has 0 amide bonds. The molecule has 1 N–H and O–H groups in total. The summed E-state index contributed by atoms with van der Waals surface area (Å²) in [6, 6.07) is 4.37. The minimum absolute atomic E-state index is 0.00590. The van der Waals surface area contributed by atoms with Crippen LogP contribution in [0.3, 0.4) is 0 Å². The van der Waals surface area contributed by atoms with E-state index < -0.39 is 5.97 Å². The summed E-state index contributed by atoms with van der Waals surface area (Å²) in [6.45, 7) is 7.75. The van der Waals surface area contributed by atoms with Crippen molar-refractivity contribution in [1.29, 1.82) is 0 Å². The van der Waals surface area contributed by atoms with Gasteiger partial charge in [0.05, 0.1) is 9.88 Å². The van der Waals surface area contributed by atoms with Crippen LogP contribution in [-0.4, -0.2) is 16.1 Å². The van der Waals surface area contributed by atoms with Gasteiger partial charge in [-0.15, -0.1) is 11.3 Å². The van der Waals surface area contributed by atoms with Crippen molar-refractivity contribution in [2.24, 2.45) is 0 Å². The lowest BCUT2D eigenvalue weighted by atomic mass is 9.98. The number of hydrogen-bond acceptors (Lipinski definition) is 3. The van der Waals surface area contributed by atoms with Crippen LogP contribution in [0.4, 0.5) is 4.39 Å². The highest BCUT2D eigenvalue weighted by atomic mass is 32.1. The number of aromatic carboxylic acids is 1. The number of benzene rings is 1. The maximum absolute atomic E-state index is 13.4. The fourth-order valence-electron chi connectivity index (χ4n) is 1.81. The number of thiazole rings is 1. The van der Waals surface area contributed by atoms with Gasteiger partial charge in [-0.3, -0.25) is 0 Å². The first kappa shape index (κ1) is 14.7. The molecule has 0 aliphatic heterocycles. The summed E-state index contributed by atoms with van der Waals surface area (Å²) in [7, 11) is 0. The number of rotatable bonds is 2. The number of halogens is 1. The lowest BCUT2D eigenvalue weighted by Gasteiger charge is -2.13. The zero-order valence-corrected chi connectivity index (χ0v) is 12.6. The van der Waals surface area contributed by atoms with Gasteiger partial charge in [0.25, 0.3) is 0 Å². The van der Waals surface area contributed by atoms with Gasteiger partial charge in [0.2, 0.25) is 0 Å². The molecule has 0 aliphatic carbocycles. The molecule has 5 heteroatoms. The molecule has 0 spiro atoms. The number of nitrogens with zero attached hydrogens (tertiary/aromatic N) is 1. The Balaban J connectivity index is 2.69. The van der Waals surface area contributed by atoms with Crippen molar-refractivity contribution >= 4 is 17.3 Å². The number of carboxylic acids is 1. The van der Waals surface area contributed by atoms with Gasteiger partial charge in [-0.1, -0.05) is 26.8 Å². The van der Waals surface area contributed by atoms with E-state index in [-0.39, 0.29) is 16.9 Å². The van der Waals surface area contributed by atoms with Gasteiger partial charge in [0.1, 0.15) is 5.82 Å². The van der Waals surface area contributed by atoms with Crippen LogP contribution in [0.25, 0.3) is 10.4 Å². The minimum Gasteiger partial charge on any atom is -0.476 e. The molecule has 1 aromatic heterocycles. The number of hydrogen-bond donors (Lipinski definition) is 1. The van der Waals surface area contributed by atoms with E-state index >= 15 is 0 Å². The largest absolute Gasteiger partial charge is 0.476 e. The maximum atomic E-state index is 13.4. The van der Waals surface area contributed by atoms with Crippen LogP contribution in [0, 0.1) is 12.7 Å². The third-order valence-electron chi connectivity index (χ3n) is 2.92. The Labute approximate surface area is 121 Å². The van der Waals surface area contributed by atoms with Gasteiger partial charge in [0, 0.05) is 5.41 Å². The summed E-state index contributed by atoms with van der Waals surface area (Å²) in [4.78, 5) is 16.1. The fourth-order valence-corrected chi connectivity index (χ4v) is 3.00. The topological polar surface area (TPSA) is 50.2 Å². The lowest BCUT2D eigenvalue weighted by Crippen LogP contribution is -2.11. The molecule has 20 heavy (non-hydrogen) atoms. The Hall–Kier alpha value is -1.75. The highest BCUT2D eigenvalue weighted by molar-refractivity contribution is 7.15. The summed E-state index contributed by atoms with van der Waals surface area (Å²) < 4.78 is 13.4. The molecule has 0 bridgehead atoms. The second-order valence-electron chi connectivity index (χ2n) is 5.71. The molecule has 2 aromatic rings. The van der Waals surface area contributed by atoms with Gasteiger partial charge in [-0.2, -0.15) is 0 Å². The Bertz CT molecular complexity index is 671. The standard InChI is InChI=1S/C15H16FNO2S/c1-8-5-6-9(16)7-10(8)12-11(13(18)19)17-14(20-12)15(2,3)4/h5-7H,1-4H3,(H,18,19). The van der Waals surface area contributed by atoms with Crippen molar-refractivity contribution in [3.05, 3.63) is 40.3 Å². The Morgan fingerprint density at radius 3 is 2.55 bits per heavy atom. The first-order valence-electron chi connectivity index (χ1n) is 6.21. The molecule has 1 aromatic carbocycles. The van der Waals surface area contributed by atoms with E-state index in [2.05, 4.69) is 4.98 Å². The molecule has 0 fully saturated rings. The Morgan fingerprint density at radius 1 is 1.35 bits per heavy atom. The van der Waals surface area contributed by atoms with Crippen LogP contribution in [0.2, 0.25) is 0 Å². The average molecular weight is 293 g/mol. The predicted molar refractivity (Wildman–Crippen MR) is 77.9 cm³/mol. The molecule has 0 radical (unpaired) electrons. The molecule has 3 nitrogen and oxygen atoms in total. The maximum Gasteiger partial charge on any atom is 0.356 e. The summed E-state index contributed by atoms with van der Waals surface area (Å²) in [5.74, 6) is -1.47. The second-order valence-corrected chi connectivity index (χ2v) is 6.71. The SMILES string of the molecule is Cc1ccc(F)cc1-c1sc(C(C)(C)C)nc1C(=O)O. The van der Waals surface area contributed by atoms with Gasteiger partial charge >= 0.3 is 5.97 Å². The first-order valence-corrected chi connectivity index (χ1v) is 7.03. The van der Waals surface area contributed by atoms with Crippen molar-refractivity contribution in [1.82, 2.24) is 4.98 Å². The zero-order valence-electron chi connectivity index (χ0n) is 11.8. The second kappa shape index (κ2) is 4.98. The molecular formula is C15H16FNO2S. The van der Waals surface area contributed by atoms with Crippen LogP contribution in [0.15, 0.2) is 18.2 Å². The van der Waals surface area contributed by atoms with E-state index in [1.807, 2.05) is 27.7 Å². The van der Waals surface area contributed by atoms with E-state index in [0.717, 1.165) is 10.6 Å². The summed E-state index contributed by atoms with van der Waals surface area (Å²) >= 11 is 1.31. The predicted octanol–water partition coefficient (Wildman–Crippen LogP) is 4.25. The molecule has 0 unspecified atom stereocenters. The molecule has 0 atom stereocenters.